The summed E-state index contributed by atoms with van der Waals surface area (Å²) in [7, 11) is 0. The van der Waals surface area contributed by atoms with Crippen LogP contribution in [0.2, 0.25) is 0 Å². The SMILES string of the molecule is CCCCCCCc1csc(N)n1. The van der Waals surface area contributed by atoms with Gasteiger partial charge in [-0.05, 0) is 12.8 Å². The predicted molar refractivity (Wildman–Crippen MR) is 59.0 cm³/mol. The predicted octanol–water partition coefficient (Wildman–Crippen LogP) is 3.24. The van der Waals surface area contributed by atoms with Crippen LogP contribution >= 0.6 is 11.3 Å². The molecule has 3 heteroatoms. The molecule has 0 aromatic carbocycles. The Morgan fingerprint density at radius 3 is 2.69 bits per heavy atom. The first-order valence-corrected chi connectivity index (χ1v) is 5.90. The lowest BCUT2D eigenvalue weighted by Gasteiger charge is -1.97. The lowest BCUT2D eigenvalue weighted by Crippen LogP contribution is -1.88. The number of unbranched alkanes of at least 4 members (excludes halogenated alkanes) is 4. The highest BCUT2D eigenvalue weighted by Crippen LogP contribution is 2.14. The molecule has 0 atom stereocenters. The summed E-state index contributed by atoms with van der Waals surface area (Å²) in [6.45, 7) is 2.24. The zero-order valence-corrected chi connectivity index (χ0v) is 9.07. The van der Waals surface area contributed by atoms with Crippen LogP contribution in [0.1, 0.15) is 44.7 Å². The van der Waals surface area contributed by atoms with E-state index >= 15 is 0 Å². The monoisotopic (exact) mass is 198 g/mol. The molecule has 0 saturated heterocycles. The highest BCUT2D eigenvalue weighted by Gasteiger charge is 1.97. The molecular formula is C10H18N2S. The number of nitrogen functional groups attached to an aromatic ring is 1. The van der Waals surface area contributed by atoms with Crippen molar-refractivity contribution >= 4 is 16.5 Å². The number of anilines is 1. The fourth-order valence-corrected chi connectivity index (χ4v) is 1.94. The average molecular weight is 198 g/mol. The van der Waals surface area contributed by atoms with E-state index in [1.807, 2.05) is 0 Å². The van der Waals surface area contributed by atoms with E-state index in [0.717, 1.165) is 6.42 Å². The topological polar surface area (TPSA) is 38.9 Å². The van der Waals surface area contributed by atoms with E-state index in [1.165, 1.54) is 49.1 Å². The highest BCUT2D eigenvalue weighted by atomic mass is 32.1. The Morgan fingerprint density at radius 1 is 1.31 bits per heavy atom. The number of aryl methyl sites for hydroxylation is 1. The molecule has 0 fully saturated rings. The number of thiazole rings is 1. The van der Waals surface area contributed by atoms with Gasteiger partial charge in [-0.1, -0.05) is 32.6 Å². The van der Waals surface area contributed by atoms with Crippen molar-refractivity contribution in [3.05, 3.63) is 11.1 Å². The summed E-state index contributed by atoms with van der Waals surface area (Å²) in [6, 6.07) is 0. The minimum Gasteiger partial charge on any atom is -0.375 e. The van der Waals surface area contributed by atoms with E-state index in [-0.39, 0.29) is 0 Å². The Hall–Kier alpha value is -0.570. The van der Waals surface area contributed by atoms with E-state index in [9.17, 15) is 0 Å². The molecule has 1 aromatic rings. The van der Waals surface area contributed by atoms with E-state index in [2.05, 4.69) is 17.3 Å². The van der Waals surface area contributed by atoms with Gasteiger partial charge in [0.2, 0.25) is 0 Å². The molecule has 0 saturated carbocycles. The Labute approximate surface area is 84.2 Å². The van der Waals surface area contributed by atoms with Crippen molar-refractivity contribution in [1.82, 2.24) is 4.98 Å². The van der Waals surface area contributed by atoms with Crippen LogP contribution in [0.25, 0.3) is 0 Å². The van der Waals surface area contributed by atoms with Gasteiger partial charge in [0.15, 0.2) is 5.13 Å². The first-order valence-electron chi connectivity index (χ1n) is 5.03. The molecule has 1 heterocycles. The zero-order chi connectivity index (χ0) is 9.52. The van der Waals surface area contributed by atoms with Crippen molar-refractivity contribution in [2.75, 3.05) is 5.73 Å². The fraction of sp³-hybridized carbons (Fsp3) is 0.700. The van der Waals surface area contributed by atoms with Gasteiger partial charge in [0, 0.05) is 5.38 Å². The normalized spacial score (nSPS) is 10.5. The second-order valence-electron chi connectivity index (χ2n) is 3.34. The lowest BCUT2D eigenvalue weighted by molar-refractivity contribution is 0.629. The Morgan fingerprint density at radius 2 is 2.08 bits per heavy atom. The van der Waals surface area contributed by atoms with Crippen LogP contribution in [0.3, 0.4) is 0 Å². The van der Waals surface area contributed by atoms with E-state index < -0.39 is 0 Å². The van der Waals surface area contributed by atoms with Crippen LogP contribution < -0.4 is 5.73 Å². The number of hydrogen-bond donors (Lipinski definition) is 1. The van der Waals surface area contributed by atoms with Crippen LogP contribution in [0.4, 0.5) is 5.13 Å². The van der Waals surface area contributed by atoms with Gasteiger partial charge in [-0.2, -0.15) is 0 Å². The van der Waals surface area contributed by atoms with Crippen LogP contribution in [0.15, 0.2) is 5.38 Å². The van der Waals surface area contributed by atoms with Gasteiger partial charge in [0.25, 0.3) is 0 Å². The molecule has 1 rings (SSSR count). The second-order valence-corrected chi connectivity index (χ2v) is 4.23. The van der Waals surface area contributed by atoms with Gasteiger partial charge in [-0.25, -0.2) is 4.98 Å². The van der Waals surface area contributed by atoms with Gasteiger partial charge >= 0.3 is 0 Å². The minimum absolute atomic E-state index is 0.698. The number of nitrogens with two attached hydrogens (primary N) is 1. The molecule has 0 amide bonds. The lowest BCUT2D eigenvalue weighted by atomic mass is 10.1. The molecule has 2 N–H and O–H groups in total. The minimum atomic E-state index is 0.698. The molecular weight excluding hydrogens is 180 g/mol. The summed E-state index contributed by atoms with van der Waals surface area (Å²) in [6.07, 6.45) is 7.70. The number of rotatable bonds is 6. The van der Waals surface area contributed by atoms with Crippen LogP contribution in [0, 0.1) is 0 Å². The average Bonchev–Trinajstić information content (AvgIpc) is 2.51. The summed E-state index contributed by atoms with van der Waals surface area (Å²) in [5.41, 5.74) is 6.70. The fourth-order valence-electron chi connectivity index (χ4n) is 1.35. The first-order chi connectivity index (χ1) is 6.33. The van der Waals surface area contributed by atoms with Crippen molar-refractivity contribution in [1.29, 1.82) is 0 Å². The Balaban J connectivity index is 2.06. The molecule has 13 heavy (non-hydrogen) atoms. The van der Waals surface area contributed by atoms with E-state index in [1.54, 1.807) is 0 Å². The third kappa shape index (κ3) is 4.27. The van der Waals surface area contributed by atoms with Crippen molar-refractivity contribution in [2.45, 2.75) is 45.4 Å². The summed E-state index contributed by atoms with van der Waals surface area (Å²) in [5, 5.41) is 2.76. The maximum absolute atomic E-state index is 5.54. The molecule has 0 aliphatic carbocycles. The third-order valence-corrected chi connectivity index (χ3v) is 2.83. The summed E-state index contributed by atoms with van der Waals surface area (Å²) < 4.78 is 0. The second kappa shape index (κ2) is 5.97. The van der Waals surface area contributed by atoms with Gasteiger partial charge in [-0.15, -0.1) is 11.3 Å². The van der Waals surface area contributed by atoms with Crippen molar-refractivity contribution in [3.8, 4) is 0 Å². The molecule has 0 aliphatic heterocycles. The maximum atomic E-state index is 5.54. The molecule has 0 spiro atoms. The van der Waals surface area contributed by atoms with Gasteiger partial charge in [0.05, 0.1) is 5.69 Å². The number of hydrogen-bond acceptors (Lipinski definition) is 3. The van der Waals surface area contributed by atoms with Gasteiger partial charge < -0.3 is 5.73 Å². The van der Waals surface area contributed by atoms with E-state index in [4.69, 9.17) is 5.73 Å². The van der Waals surface area contributed by atoms with Gasteiger partial charge in [0.1, 0.15) is 0 Å². The molecule has 0 aliphatic rings. The first kappa shape index (κ1) is 10.5. The van der Waals surface area contributed by atoms with Crippen LogP contribution in [-0.4, -0.2) is 4.98 Å². The summed E-state index contributed by atoms with van der Waals surface area (Å²) in [4.78, 5) is 4.22. The Kier molecular flexibility index (Phi) is 4.83. The molecule has 2 nitrogen and oxygen atoms in total. The largest absolute Gasteiger partial charge is 0.375 e. The molecule has 74 valence electrons. The summed E-state index contributed by atoms with van der Waals surface area (Å²) >= 11 is 1.54. The zero-order valence-electron chi connectivity index (χ0n) is 8.25. The van der Waals surface area contributed by atoms with Crippen LogP contribution in [-0.2, 0) is 6.42 Å². The third-order valence-electron chi connectivity index (χ3n) is 2.11. The Bertz CT molecular complexity index is 233. The number of aromatic nitrogens is 1. The molecule has 1 aromatic heterocycles. The van der Waals surface area contributed by atoms with Crippen molar-refractivity contribution in [2.24, 2.45) is 0 Å². The summed E-state index contributed by atoms with van der Waals surface area (Å²) in [5.74, 6) is 0. The standard InChI is InChI=1S/C10H18N2S/c1-2-3-4-5-6-7-9-8-13-10(11)12-9/h8H,2-7H2,1H3,(H2,11,12). The van der Waals surface area contributed by atoms with Crippen molar-refractivity contribution < 1.29 is 0 Å². The highest BCUT2D eigenvalue weighted by molar-refractivity contribution is 7.13. The number of nitrogens with zero attached hydrogens (tertiary/aromatic N) is 1. The quantitative estimate of drug-likeness (QED) is 0.713. The van der Waals surface area contributed by atoms with Gasteiger partial charge in [-0.3, -0.25) is 0 Å². The molecule has 0 bridgehead atoms. The van der Waals surface area contributed by atoms with Crippen molar-refractivity contribution in [3.63, 3.8) is 0 Å². The maximum Gasteiger partial charge on any atom is 0.180 e. The van der Waals surface area contributed by atoms with Crippen LogP contribution in [0.5, 0.6) is 0 Å². The van der Waals surface area contributed by atoms with E-state index in [0.29, 0.717) is 5.13 Å². The molecule has 0 unspecified atom stereocenters. The molecule has 0 radical (unpaired) electrons. The smallest absolute Gasteiger partial charge is 0.180 e.